The van der Waals surface area contributed by atoms with Crippen LogP contribution in [0.5, 0.6) is 5.75 Å². The molecule has 20 heavy (non-hydrogen) atoms. The highest BCUT2D eigenvalue weighted by atomic mass is 79.9. The van der Waals surface area contributed by atoms with Crippen molar-refractivity contribution in [3.05, 3.63) is 22.8 Å². The van der Waals surface area contributed by atoms with Crippen molar-refractivity contribution in [2.45, 2.75) is 25.5 Å². The molecular weight excluding hydrogens is 344 g/mol. The van der Waals surface area contributed by atoms with Gasteiger partial charge in [-0.05, 0) is 47.3 Å². The first-order chi connectivity index (χ1) is 9.81. The van der Waals surface area contributed by atoms with Gasteiger partial charge in [0, 0.05) is 6.61 Å². The molecule has 4 nitrogen and oxygen atoms in total. The van der Waals surface area contributed by atoms with Crippen molar-refractivity contribution in [3.63, 3.8) is 0 Å². The van der Waals surface area contributed by atoms with Crippen molar-refractivity contribution in [3.8, 4) is 5.75 Å². The standard InChI is InChI=1S/C14H16BrClN2O2/c15-11-4-5-12-10(14(11)20-8-6-16)9-17-18(12)13-3-1-2-7-19-13/h4-5,9,13H,1-3,6-8H2. The lowest BCUT2D eigenvalue weighted by molar-refractivity contribution is -0.0366. The fourth-order valence-corrected chi connectivity index (χ4v) is 3.04. The van der Waals surface area contributed by atoms with Crippen LogP contribution in [0.4, 0.5) is 0 Å². The van der Waals surface area contributed by atoms with Crippen LogP contribution in [0.25, 0.3) is 10.9 Å². The first kappa shape index (κ1) is 14.2. The second-order valence-electron chi connectivity index (χ2n) is 4.76. The third-order valence-corrected chi connectivity index (χ3v) is 4.21. The minimum Gasteiger partial charge on any atom is -0.490 e. The van der Waals surface area contributed by atoms with Crippen molar-refractivity contribution in [1.82, 2.24) is 9.78 Å². The molecule has 0 amide bonds. The molecule has 1 aliphatic heterocycles. The number of rotatable bonds is 4. The SMILES string of the molecule is ClCCOc1c(Br)ccc2c1cnn2C1CCCCO1. The van der Waals surface area contributed by atoms with Gasteiger partial charge < -0.3 is 9.47 Å². The molecule has 3 rings (SSSR count). The van der Waals surface area contributed by atoms with E-state index in [1.54, 1.807) is 0 Å². The summed E-state index contributed by atoms with van der Waals surface area (Å²) in [5.74, 6) is 1.26. The Labute approximate surface area is 131 Å². The zero-order valence-electron chi connectivity index (χ0n) is 11.0. The number of ether oxygens (including phenoxy) is 2. The summed E-state index contributed by atoms with van der Waals surface area (Å²) < 4.78 is 14.4. The van der Waals surface area contributed by atoms with Crippen LogP contribution in [0.3, 0.4) is 0 Å². The molecule has 2 heterocycles. The lowest BCUT2D eigenvalue weighted by Gasteiger charge is -2.23. The van der Waals surface area contributed by atoms with Crippen LogP contribution in [-0.2, 0) is 4.74 Å². The third-order valence-electron chi connectivity index (χ3n) is 3.44. The number of nitrogens with zero attached hydrogens (tertiary/aromatic N) is 2. The lowest BCUT2D eigenvalue weighted by Crippen LogP contribution is -2.18. The highest BCUT2D eigenvalue weighted by Gasteiger charge is 2.20. The molecule has 0 saturated carbocycles. The number of fused-ring (bicyclic) bond motifs is 1. The quantitative estimate of drug-likeness (QED) is 0.771. The number of halogens is 2. The van der Waals surface area contributed by atoms with E-state index in [1.807, 2.05) is 23.0 Å². The van der Waals surface area contributed by atoms with Crippen molar-refractivity contribution in [1.29, 1.82) is 0 Å². The fraction of sp³-hybridized carbons (Fsp3) is 0.500. The van der Waals surface area contributed by atoms with Crippen molar-refractivity contribution < 1.29 is 9.47 Å². The van der Waals surface area contributed by atoms with Crippen molar-refractivity contribution >= 4 is 38.4 Å². The summed E-state index contributed by atoms with van der Waals surface area (Å²) in [5.41, 5.74) is 1.03. The summed E-state index contributed by atoms with van der Waals surface area (Å²) in [6.07, 6.45) is 5.18. The van der Waals surface area contributed by atoms with Crippen molar-refractivity contribution in [2.24, 2.45) is 0 Å². The summed E-state index contributed by atoms with van der Waals surface area (Å²) in [6, 6.07) is 4.02. The molecule has 0 bridgehead atoms. The van der Waals surface area contributed by atoms with Gasteiger partial charge in [0.15, 0.2) is 6.23 Å². The zero-order valence-corrected chi connectivity index (χ0v) is 13.4. The minimum atomic E-state index is 0.0308. The Morgan fingerprint density at radius 2 is 2.35 bits per heavy atom. The molecule has 6 heteroatoms. The first-order valence-electron chi connectivity index (χ1n) is 6.77. The number of hydrogen-bond donors (Lipinski definition) is 0. The average molecular weight is 360 g/mol. The van der Waals surface area contributed by atoms with E-state index in [4.69, 9.17) is 21.1 Å². The van der Waals surface area contributed by atoms with E-state index in [9.17, 15) is 0 Å². The van der Waals surface area contributed by atoms with Crippen LogP contribution in [0.2, 0.25) is 0 Å². The van der Waals surface area contributed by atoms with Gasteiger partial charge in [0.1, 0.15) is 12.4 Å². The lowest BCUT2D eigenvalue weighted by atomic mass is 10.2. The van der Waals surface area contributed by atoms with Crippen LogP contribution >= 0.6 is 27.5 Å². The van der Waals surface area contributed by atoms with Gasteiger partial charge >= 0.3 is 0 Å². The summed E-state index contributed by atoms with van der Waals surface area (Å²) in [5, 5.41) is 5.47. The van der Waals surface area contributed by atoms with E-state index in [-0.39, 0.29) is 6.23 Å². The van der Waals surface area contributed by atoms with Crippen molar-refractivity contribution in [2.75, 3.05) is 19.1 Å². The number of benzene rings is 1. The van der Waals surface area contributed by atoms with Crippen LogP contribution < -0.4 is 4.74 Å². The molecule has 0 N–H and O–H groups in total. The van der Waals surface area contributed by atoms with Crippen LogP contribution in [0, 0.1) is 0 Å². The Morgan fingerprint density at radius 1 is 1.45 bits per heavy atom. The Morgan fingerprint density at radius 3 is 3.10 bits per heavy atom. The second kappa shape index (κ2) is 6.33. The van der Waals surface area contributed by atoms with Gasteiger partial charge in [0.25, 0.3) is 0 Å². The normalized spacial score (nSPS) is 19.4. The van der Waals surface area contributed by atoms with Gasteiger partial charge in [-0.25, -0.2) is 4.68 Å². The summed E-state index contributed by atoms with van der Waals surface area (Å²) in [4.78, 5) is 0. The molecule has 2 aromatic rings. The monoisotopic (exact) mass is 358 g/mol. The molecule has 1 aliphatic rings. The van der Waals surface area contributed by atoms with Gasteiger partial charge in [-0.1, -0.05) is 0 Å². The highest BCUT2D eigenvalue weighted by Crippen LogP contribution is 2.35. The summed E-state index contributed by atoms with van der Waals surface area (Å²) >= 11 is 9.22. The predicted octanol–water partition coefficient (Wildman–Crippen LogP) is 4.12. The van der Waals surface area contributed by atoms with E-state index < -0.39 is 0 Å². The molecule has 0 radical (unpaired) electrons. The maximum absolute atomic E-state index is 5.81. The topological polar surface area (TPSA) is 36.3 Å². The molecule has 1 aromatic heterocycles. The Hall–Kier alpha value is -0.780. The molecule has 1 atom stereocenters. The smallest absolute Gasteiger partial charge is 0.150 e. The highest BCUT2D eigenvalue weighted by molar-refractivity contribution is 9.10. The van der Waals surface area contributed by atoms with Gasteiger partial charge in [-0.3, -0.25) is 0 Å². The average Bonchev–Trinajstić information content (AvgIpc) is 2.91. The molecular formula is C14H16BrClN2O2. The first-order valence-corrected chi connectivity index (χ1v) is 8.10. The Kier molecular flexibility index (Phi) is 4.48. The summed E-state index contributed by atoms with van der Waals surface area (Å²) in [7, 11) is 0. The van der Waals surface area contributed by atoms with Crippen LogP contribution in [0.1, 0.15) is 25.5 Å². The Balaban J connectivity index is 1.99. The van der Waals surface area contributed by atoms with E-state index in [0.717, 1.165) is 40.6 Å². The number of aromatic nitrogens is 2. The zero-order chi connectivity index (χ0) is 13.9. The number of alkyl halides is 1. The van der Waals surface area contributed by atoms with E-state index in [1.165, 1.54) is 6.42 Å². The molecule has 1 unspecified atom stereocenters. The maximum Gasteiger partial charge on any atom is 0.150 e. The van der Waals surface area contributed by atoms with Crippen LogP contribution in [0.15, 0.2) is 22.8 Å². The maximum atomic E-state index is 5.81. The largest absolute Gasteiger partial charge is 0.490 e. The fourth-order valence-electron chi connectivity index (χ4n) is 2.50. The van der Waals surface area contributed by atoms with E-state index in [2.05, 4.69) is 21.0 Å². The second-order valence-corrected chi connectivity index (χ2v) is 5.99. The van der Waals surface area contributed by atoms with E-state index >= 15 is 0 Å². The predicted molar refractivity (Wildman–Crippen MR) is 82.5 cm³/mol. The minimum absolute atomic E-state index is 0.0308. The molecule has 1 fully saturated rings. The van der Waals surface area contributed by atoms with Crippen LogP contribution in [-0.4, -0.2) is 28.9 Å². The molecule has 0 spiro atoms. The van der Waals surface area contributed by atoms with Gasteiger partial charge in [-0.2, -0.15) is 5.10 Å². The van der Waals surface area contributed by atoms with Gasteiger partial charge in [-0.15, -0.1) is 11.6 Å². The van der Waals surface area contributed by atoms with Gasteiger partial charge in [0.05, 0.1) is 27.5 Å². The Bertz CT molecular complexity index is 596. The van der Waals surface area contributed by atoms with Gasteiger partial charge in [0.2, 0.25) is 0 Å². The molecule has 1 aromatic carbocycles. The van der Waals surface area contributed by atoms with E-state index in [0.29, 0.717) is 12.5 Å². The molecule has 0 aliphatic carbocycles. The number of hydrogen-bond acceptors (Lipinski definition) is 3. The summed E-state index contributed by atoms with van der Waals surface area (Å²) in [6.45, 7) is 1.28. The molecule has 1 saturated heterocycles. The molecule has 108 valence electrons. The third kappa shape index (κ3) is 2.67.